The van der Waals surface area contributed by atoms with Gasteiger partial charge in [-0.05, 0) is 63.2 Å². The number of benzene rings is 1. The Labute approximate surface area is 249 Å². The third-order valence-corrected chi connectivity index (χ3v) is 9.91. The van der Waals surface area contributed by atoms with E-state index in [2.05, 4.69) is 5.32 Å². The Morgan fingerprint density at radius 1 is 1.12 bits per heavy atom. The molecule has 5 unspecified atom stereocenters. The number of carbonyl (C=O) groups is 4. The Morgan fingerprint density at radius 3 is 2.35 bits per heavy atom. The molecule has 0 heterocycles. The Hall–Kier alpha value is -3.90. The molecule has 232 valence electrons. The average molecular weight is 597 g/mol. The normalized spacial score (nSPS) is 30.3. The molecule has 12 heteroatoms. The predicted octanol–water partition coefficient (Wildman–Crippen LogP) is 1.24. The van der Waals surface area contributed by atoms with Crippen molar-refractivity contribution in [1.82, 2.24) is 10.2 Å². The molecule has 0 aromatic heterocycles. The zero-order chi connectivity index (χ0) is 31.7. The van der Waals surface area contributed by atoms with Crippen LogP contribution in [0, 0.1) is 23.7 Å². The number of Topliss-reactive ketones (excluding diaryl/α,β-unsaturated/α-hetero) is 2. The number of phenolic OH excluding ortho intramolecular Hbond substituents is 1. The minimum Gasteiger partial charge on any atom is -0.510 e. The standard InChI is InChI=1S/C31H40N4O8/c1-13-7-6-8-16(13)30(42)33-12-15-11-19(34(2)3)17-9-14-10-18-23(35(4)5)26(38)22(29(32)41)28(40)31(18,43)27(39)20(14)25(37)21(17)24(15)36/h11,13-14,16,18,23,36,38-39,43H,6-10,12H2,1-5H3,(H2,32,41)(H,33,42)/t13?,14?,16-,18?,23?,31?/m0/s1. The largest absolute Gasteiger partial charge is 0.510 e. The topological polar surface area (TPSA) is 194 Å². The summed E-state index contributed by atoms with van der Waals surface area (Å²) in [6, 6.07) is 0.675. The molecule has 0 aliphatic heterocycles. The Balaban J connectivity index is 1.61. The number of phenols is 1. The van der Waals surface area contributed by atoms with Gasteiger partial charge in [0.2, 0.25) is 11.7 Å². The highest BCUT2D eigenvalue weighted by Gasteiger charge is 2.63. The Kier molecular flexibility index (Phi) is 7.58. The van der Waals surface area contributed by atoms with E-state index in [1.54, 1.807) is 39.2 Å². The summed E-state index contributed by atoms with van der Waals surface area (Å²) >= 11 is 0. The number of rotatable bonds is 6. The molecular weight excluding hydrogens is 556 g/mol. The molecule has 6 atom stereocenters. The molecule has 1 fully saturated rings. The number of anilines is 1. The van der Waals surface area contributed by atoms with E-state index in [0.29, 0.717) is 16.8 Å². The smallest absolute Gasteiger partial charge is 0.255 e. The van der Waals surface area contributed by atoms with Gasteiger partial charge in [0, 0.05) is 49.3 Å². The lowest BCUT2D eigenvalue weighted by Gasteiger charge is -2.50. The summed E-state index contributed by atoms with van der Waals surface area (Å²) in [5.41, 5.74) is 3.03. The van der Waals surface area contributed by atoms with Crippen LogP contribution in [0.4, 0.5) is 5.69 Å². The van der Waals surface area contributed by atoms with Gasteiger partial charge in [-0.2, -0.15) is 0 Å². The highest BCUT2D eigenvalue weighted by atomic mass is 16.3. The number of fused-ring (bicyclic) bond motifs is 3. The van der Waals surface area contributed by atoms with Gasteiger partial charge in [0.1, 0.15) is 22.8 Å². The fourth-order valence-electron chi connectivity index (χ4n) is 7.74. The summed E-state index contributed by atoms with van der Waals surface area (Å²) in [7, 11) is 6.75. The van der Waals surface area contributed by atoms with Gasteiger partial charge in [0.25, 0.3) is 5.91 Å². The summed E-state index contributed by atoms with van der Waals surface area (Å²) in [5, 5.41) is 48.6. The molecule has 4 aliphatic carbocycles. The fraction of sp³-hybridized carbons (Fsp3) is 0.548. The van der Waals surface area contributed by atoms with Crippen molar-refractivity contribution < 1.29 is 39.6 Å². The highest BCUT2D eigenvalue weighted by molar-refractivity contribution is 6.25. The van der Waals surface area contributed by atoms with Gasteiger partial charge >= 0.3 is 0 Å². The van der Waals surface area contributed by atoms with Crippen LogP contribution < -0.4 is 16.0 Å². The number of likely N-dealkylation sites (N-methyl/N-ethyl adjacent to an activating group) is 1. The van der Waals surface area contributed by atoms with E-state index in [-0.39, 0.29) is 54.0 Å². The van der Waals surface area contributed by atoms with Crippen molar-refractivity contribution in [1.29, 1.82) is 0 Å². The van der Waals surface area contributed by atoms with Crippen LogP contribution >= 0.6 is 0 Å². The lowest BCUT2D eigenvalue weighted by atomic mass is 9.58. The van der Waals surface area contributed by atoms with E-state index in [4.69, 9.17) is 5.73 Å². The van der Waals surface area contributed by atoms with Crippen LogP contribution in [-0.4, -0.2) is 88.5 Å². The van der Waals surface area contributed by atoms with Crippen LogP contribution in [0.5, 0.6) is 5.75 Å². The number of allylic oxidation sites excluding steroid dienone is 1. The molecule has 0 saturated heterocycles. The molecule has 0 bridgehead atoms. The molecule has 1 aromatic carbocycles. The monoisotopic (exact) mass is 596 g/mol. The molecule has 2 amide bonds. The number of primary amides is 1. The van der Waals surface area contributed by atoms with Crippen LogP contribution in [0.25, 0.3) is 0 Å². The third-order valence-electron chi connectivity index (χ3n) is 9.91. The number of nitrogens with two attached hydrogens (primary N) is 1. The van der Waals surface area contributed by atoms with Crippen LogP contribution in [0.1, 0.15) is 54.1 Å². The maximum Gasteiger partial charge on any atom is 0.255 e. The fourth-order valence-corrected chi connectivity index (χ4v) is 7.74. The van der Waals surface area contributed by atoms with Crippen LogP contribution in [-0.2, 0) is 27.3 Å². The number of carbonyl (C=O) groups excluding carboxylic acids is 4. The maximum atomic E-state index is 14.1. The van der Waals surface area contributed by atoms with Crippen molar-refractivity contribution in [2.75, 3.05) is 33.1 Å². The molecule has 0 spiro atoms. The summed E-state index contributed by atoms with van der Waals surface area (Å²) in [4.78, 5) is 56.0. The number of aliphatic hydroxyl groups is 3. The molecule has 7 N–H and O–H groups in total. The predicted molar refractivity (Wildman–Crippen MR) is 156 cm³/mol. The number of aromatic hydroxyl groups is 1. The second kappa shape index (κ2) is 10.7. The number of nitrogens with zero attached hydrogens (tertiary/aromatic N) is 2. The highest BCUT2D eigenvalue weighted by Crippen LogP contribution is 2.53. The molecule has 5 rings (SSSR count). The zero-order valence-corrected chi connectivity index (χ0v) is 25.1. The first-order chi connectivity index (χ1) is 20.1. The van der Waals surface area contributed by atoms with Gasteiger partial charge in [-0.1, -0.05) is 13.3 Å². The van der Waals surface area contributed by atoms with E-state index in [0.717, 1.165) is 19.3 Å². The zero-order valence-electron chi connectivity index (χ0n) is 25.1. The number of aliphatic hydroxyl groups excluding tert-OH is 2. The minimum atomic E-state index is -2.70. The summed E-state index contributed by atoms with van der Waals surface area (Å²) in [5.74, 6) is -6.93. The summed E-state index contributed by atoms with van der Waals surface area (Å²) in [6.07, 6.45) is 2.94. The van der Waals surface area contributed by atoms with Crippen molar-refractivity contribution in [2.24, 2.45) is 29.4 Å². The van der Waals surface area contributed by atoms with Crippen molar-refractivity contribution in [3.8, 4) is 5.75 Å². The van der Waals surface area contributed by atoms with Crippen molar-refractivity contribution >= 4 is 29.1 Å². The number of nitrogens with one attached hydrogen (secondary N) is 1. The van der Waals surface area contributed by atoms with E-state index in [1.807, 2.05) is 6.92 Å². The lowest BCUT2D eigenvalue weighted by molar-refractivity contribution is -0.148. The third kappa shape index (κ3) is 4.50. The summed E-state index contributed by atoms with van der Waals surface area (Å²) < 4.78 is 0. The van der Waals surface area contributed by atoms with E-state index in [9.17, 15) is 39.6 Å². The van der Waals surface area contributed by atoms with Crippen LogP contribution in [0.15, 0.2) is 28.7 Å². The number of hydrogen-bond acceptors (Lipinski definition) is 10. The SMILES string of the molecule is CC1CCC[C@@H]1C(=O)NCc1cc(N(C)C)c2c(c1O)C(=O)C1=C(O)C3(O)C(=O)C(C(N)=O)=C(O)C(N(C)C)C3CC1C2. The van der Waals surface area contributed by atoms with Crippen LogP contribution in [0.3, 0.4) is 0 Å². The van der Waals surface area contributed by atoms with Gasteiger partial charge in [0.15, 0.2) is 11.4 Å². The second-order valence-electron chi connectivity index (χ2n) is 12.8. The first kappa shape index (κ1) is 30.6. The second-order valence-corrected chi connectivity index (χ2v) is 12.8. The number of amides is 2. The first-order valence-corrected chi connectivity index (χ1v) is 14.6. The molecule has 0 radical (unpaired) electrons. The molecule has 4 aliphatic rings. The van der Waals surface area contributed by atoms with Gasteiger partial charge < -0.3 is 36.4 Å². The maximum absolute atomic E-state index is 14.1. The first-order valence-electron chi connectivity index (χ1n) is 14.6. The summed E-state index contributed by atoms with van der Waals surface area (Å²) in [6.45, 7) is 2.02. The molecular formula is C31H40N4O8. The molecule has 1 aromatic rings. The molecule has 12 nitrogen and oxygen atoms in total. The van der Waals surface area contributed by atoms with E-state index < -0.39 is 58.0 Å². The van der Waals surface area contributed by atoms with Crippen LogP contribution in [0.2, 0.25) is 0 Å². The average Bonchev–Trinajstić information content (AvgIpc) is 3.35. The Morgan fingerprint density at radius 2 is 1.79 bits per heavy atom. The van der Waals surface area contributed by atoms with Gasteiger partial charge in [-0.15, -0.1) is 0 Å². The van der Waals surface area contributed by atoms with Crippen molar-refractivity contribution in [3.05, 3.63) is 45.4 Å². The van der Waals surface area contributed by atoms with Crippen molar-refractivity contribution in [2.45, 2.75) is 57.2 Å². The van der Waals surface area contributed by atoms with Crippen molar-refractivity contribution in [3.63, 3.8) is 0 Å². The van der Waals surface area contributed by atoms with Gasteiger partial charge in [0.05, 0.1) is 11.6 Å². The van der Waals surface area contributed by atoms with E-state index >= 15 is 0 Å². The Bertz CT molecular complexity index is 1490. The van der Waals surface area contributed by atoms with Gasteiger partial charge in [-0.3, -0.25) is 24.1 Å². The molecule has 43 heavy (non-hydrogen) atoms. The lowest BCUT2D eigenvalue weighted by Crippen LogP contribution is -2.63. The van der Waals surface area contributed by atoms with Gasteiger partial charge in [-0.25, -0.2) is 0 Å². The number of ketones is 2. The number of hydrogen-bond donors (Lipinski definition) is 6. The minimum absolute atomic E-state index is 0.0107. The quantitative estimate of drug-likeness (QED) is 0.260. The molecule has 1 saturated carbocycles. The van der Waals surface area contributed by atoms with E-state index in [1.165, 1.54) is 4.90 Å².